The number of rotatable bonds is 7. The molecule has 1 amide bonds. The molecule has 0 aliphatic carbocycles. The number of carbonyl (C=O) groups is 2. The topological polar surface area (TPSA) is 92.5 Å². The van der Waals surface area contributed by atoms with E-state index in [2.05, 4.69) is 4.90 Å². The van der Waals surface area contributed by atoms with Gasteiger partial charge in [-0.15, -0.1) is 0 Å². The van der Waals surface area contributed by atoms with Gasteiger partial charge in [-0.05, 0) is 36.8 Å². The van der Waals surface area contributed by atoms with Crippen LogP contribution in [0.4, 0.5) is 4.39 Å². The first-order chi connectivity index (χ1) is 15.5. The third-order valence-electron chi connectivity index (χ3n) is 5.75. The summed E-state index contributed by atoms with van der Waals surface area (Å²) in [5, 5.41) is 11.0. The fourth-order valence-corrected chi connectivity index (χ4v) is 4.15. The molecule has 2 saturated heterocycles. The van der Waals surface area contributed by atoms with Crippen LogP contribution in [0.15, 0.2) is 46.6 Å². The number of ether oxygens (including phenoxy) is 2. The summed E-state index contributed by atoms with van der Waals surface area (Å²) >= 11 is 0. The van der Waals surface area contributed by atoms with Crippen LogP contribution in [-0.4, -0.2) is 73.1 Å². The maximum absolute atomic E-state index is 13.9. The Bertz CT molecular complexity index is 1010. The van der Waals surface area contributed by atoms with Crippen LogP contribution in [0, 0.1) is 5.82 Å². The maximum atomic E-state index is 13.9. The number of morpholine rings is 1. The Hall–Kier alpha value is -3.17. The van der Waals surface area contributed by atoms with Crippen LogP contribution in [0.5, 0.6) is 5.75 Å². The molecule has 2 aromatic rings. The van der Waals surface area contributed by atoms with Crippen LogP contribution in [0.2, 0.25) is 0 Å². The van der Waals surface area contributed by atoms with Crippen LogP contribution in [0.3, 0.4) is 0 Å². The van der Waals surface area contributed by atoms with Crippen molar-refractivity contribution < 1.29 is 33.0 Å². The highest BCUT2D eigenvalue weighted by Crippen LogP contribution is 2.41. The van der Waals surface area contributed by atoms with E-state index >= 15 is 0 Å². The van der Waals surface area contributed by atoms with Gasteiger partial charge in [-0.1, -0.05) is 0 Å². The zero-order chi connectivity index (χ0) is 22.7. The van der Waals surface area contributed by atoms with Crippen molar-refractivity contribution in [1.82, 2.24) is 9.80 Å². The van der Waals surface area contributed by atoms with Crippen LogP contribution in [0.1, 0.15) is 23.8 Å². The molecule has 9 heteroatoms. The molecule has 8 nitrogen and oxygen atoms in total. The van der Waals surface area contributed by atoms with Gasteiger partial charge in [0.2, 0.25) is 0 Å². The Balaban J connectivity index is 1.67. The number of furan rings is 1. The second-order valence-corrected chi connectivity index (χ2v) is 7.66. The molecule has 1 atom stereocenters. The third-order valence-corrected chi connectivity index (χ3v) is 5.75. The summed E-state index contributed by atoms with van der Waals surface area (Å²) < 4.78 is 30.0. The van der Waals surface area contributed by atoms with E-state index in [0.717, 1.165) is 25.7 Å². The summed E-state index contributed by atoms with van der Waals surface area (Å²) in [5.41, 5.74) is -0.157. The molecular formula is C23H25FN2O6. The number of hydrogen-bond donors (Lipinski definition) is 1. The van der Waals surface area contributed by atoms with Gasteiger partial charge < -0.3 is 23.9 Å². The average Bonchev–Trinajstić information content (AvgIpc) is 3.42. The molecule has 1 aromatic heterocycles. The molecule has 170 valence electrons. The minimum atomic E-state index is -0.914. The highest BCUT2D eigenvalue weighted by Gasteiger charge is 2.47. The van der Waals surface area contributed by atoms with Crippen LogP contribution in [-0.2, 0) is 14.3 Å². The second kappa shape index (κ2) is 9.54. The standard InChI is InChI=1S/C23H25FN2O6/c1-30-17-6-5-15(24)14-16(17)21(27)19-20(18-4-2-11-32-18)26(23(29)22(19)28)8-3-7-25-9-12-31-13-10-25/h2,4-6,11,14,20,27H,3,7-10,12-13H2,1H3/b21-19+/t20-/m0/s1. The lowest BCUT2D eigenvalue weighted by Crippen LogP contribution is -2.38. The number of aliphatic hydroxyl groups excluding tert-OH is 1. The number of nitrogens with zero attached hydrogens (tertiary/aromatic N) is 2. The Morgan fingerprint density at radius 2 is 2.00 bits per heavy atom. The van der Waals surface area contributed by atoms with Crippen molar-refractivity contribution >= 4 is 17.4 Å². The van der Waals surface area contributed by atoms with Crippen LogP contribution < -0.4 is 4.74 Å². The summed E-state index contributed by atoms with van der Waals surface area (Å²) in [7, 11) is 1.37. The number of hydrogen-bond acceptors (Lipinski definition) is 7. The van der Waals surface area contributed by atoms with E-state index in [0.29, 0.717) is 31.9 Å². The van der Waals surface area contributed by atoms with E-state index in [1.165, 1.54) is 30.4 Å². The Morgan fingerprint density at radius 3 is 2.69 bits per heavy atom. The van der Waals surface area contributed by atoms with Crippen molar-refractivity contribution in [1.29, 1.82) is 0 Å². The van der Waals surface area contributed by atoms with Gasteiger partial charge in [-0.2, -0.15) is 0 Å². The quantitative estimate of drug-likeness (QED) is 0.399. The molecule has 32 heavy (non-hydrogen) atoms. The molecule has 3 heterocycles. The van der Waals surface area contributed by atoms with Crippen LogP contribution in [0.25, 0.3) is 5.76 Å². The first-order valence-corrected chi connectivity index (χ1v) is 10.5. The van der Waals surface area contributed by atoms with Gasteiger partial charge >= 0.3 is 0 Å². The number of Topliss-reactive ketones (excluding diaryl/α,β-unsaturated/α-hetero) is 1. The first kappa shape index (κ1) is 22.0. The Labute approximate surface area is 184 Å². The lowest BCUT2D eigenvalue weighted by Gasteiger charge is -2.28. The van der Waals surface area contributed by atoms with E-state index in [4.69, 9.17) is 13.9 Å². The number of benzene rings is 1. The average molecular weight is 444 g/mol. The predicted octanol–water partition coefficient (Wildman–Crippen LogP) is 2.57. The van der Waals surface area contributed by atoms with Crippen molar-refractivity contribution in [2.75, 3.05) is 46.5 Å². The normalized spacial score (nSPS) is 21.3. The Morgan fingerprint density at radius 1 is 1.22 bits per heavy atom. The molecule has 2 fully saturated rings. The number of amides is 1. The molecule has 0 unspecified atom stereocenters. The largest absolute Gasteiger partial charge is 0.507 e. The maximum Gasteiger partial charge on any atom is 0.295 e. The highest BCUT2D eigenvalue weighted by molar-refractivity contribution is 6.46. The van der Waals surface area contributed by atoms with Gasteiger partial charge in [-0.25, -0.2) is 4.39 Å². The van der Waals surface area contributed by atoms with E-state index < -0.39 is 29.3 Å². The molecule has 2 aliphatic heterocycles. The minimum absolute atomic E-state index is 0.00428. The number of aliphatic hydroxyl groups is 1. The minimum Gasteiger partial charge on any atom is -0.507 e. The number of likely N-dealkylation sites (tertiary alicyclic amines) is 1. The molecule has 0 spiro atoms. The molecule has 2 aliphatic rings. The number of ketones is 1. The summed E-state index contributed by atoms with van der Waals surface area (Å²) in [6, 6.07) is 5.98. The smallest absolute Gasteiger partial charge is 0.295 e. The van der Waals surface area contributed by atoms with Gasteiger partial charge in [0.15, 0.2) is 0 Å². The van der Waals surface area contributed by atoms with Gasteiger partial charge in [-0.3, -0.25) is 14.5 Å². The lowest BCUT2D eigenvalue weighted by molar-refractivity contribution is -0.140. The van der Waals surface area contributed by atoms with E-state index in [1.54, 1.807) is 12.1 Å². The van der Waals surface area contributed by atoms with E-state index in [9.17, 15) is 19.1 Å². The highest BCUT2D eigenvalue weighted by atomic mass is 19.1. The summed E-state index contributed by atoms with van der Waals surface area (Å²) in [4.78, 5) is 29.5. The monoisotopic (exact) mass is 444 g/mol. The van der Waals surface area contributed by atoms with Gasteiger partial charge in [0, 0.05) is 26.2 Å². The van der Waals surface area contributed by atoms with Crippen LogP contribution >= 0.6 is 0 Å². The molecule has 1 N–H and O–H groups in total. The summed E-state index contributed by atoms with van der Waals surface area (Å²) in [5.74, 6) is -2.17. The van der Waals surface area contributed by atoms with Crippen molar-refractivity contribution in [3.63, 3.8) is 0 Å². The predicted molar refractivity (Wildman–Crippen MR) is 113 cm³/mol. The SMILES string of the molecule is COc1ccc(F)cc1/C(O)=C1\C(=O)C(=O)N(CCCN2CCOCC2)[C@H]1c1ccco1. The Kier molecular flexibility index (Phi) is 6.57. The van der Waals surface area contributed by atoms with Crippen molar-refractivity contribution in [3.8, 4) is 5.75 Å². The van der Waals surface area contributed by atoms with E-state index in [-0.39, 0.29) is 16.9 Å². The zero-order valence-corrected chi connectivity index (χ0v) is 17.8. The van der Waals surface area contributed by atoms with Crippen molar-refractivity contribution in [3.05, 3.63) is 59.3 Å². The van der Waals surface area contributed by atoms with E-state index in [1.807, 2.05) is 0 Å². The van der Waals surface area contributed by atoms with Gasteiger partial charge in [0.05, 0.1) is 37.7 Å². The zero-order valence-electron chi connectivity index (χ0n) is 17.8. The number of halogens is 1. The fourth-order valence-electron chi connectivity index (χ4n) is 4.15. The van der Waals surface area contributed by atoms with Gasteiger partial charge in [0.1, 0.15) is 29.1 Å². The fraction of sp³-hybridized carbons (Fsp3) is 0.391. The number of carbonyl (C=O) groups excluding carboxylic acids is 2. The molecule has 0 saturated carbocycles. The number of methoxy groups -OCH3 is 1. The van der Waals surface area contributed by atoms with Crippen molar-refractivity contribution in [2.24, 2.45) is 0 Å². The third kappa shape index (κ3) is 4.26. The molecule has 4 rings (SSSR count). The molecule has 1 aromatic carbocycles. The molecule has 0 radical (unpaired) electrons. The molecular weight excluding hydrogens is 419 g/mol. The van der Waals surface area contributed by atoms with Gasteiger partial charge in [0.25, 0.3) is 11.7 Å². The first-order valence-electron chi connectivity index (χ1n) is 10.5. The lowest BCUT2D eigenvalue weighted by atomic mass is 9.98. The second-order valence-electron chi connectivity index (χ2n) is 7.66. The summed E-state index contributed by atoms with van der Waals surface area (Å²) in [6.45, 7) is 4.03. The summed E-state index contributed by atoms with van der Waals surface area (Å²) in [6.07, 6.45) is 2.07. The van der Waals surface area contributed by atoms with Crippen molar-refractivity contribution in [2.45, 2.75) is 12.5 Å². The molecule has 0 bridgehead atoms.